The third-order valence-corrected chi connectivity index (χ3v) is 6.56. The lowest BCUT2D eigenvalue weighted by Crippen LogP contribution is -2.50. The van der Waals surface area contributed by atoms with Gasteiger partial charge in [0.15, 0.2) is 11.6 Å². The summed E-state index contributed by atoms with van der Waals surface area (Å²) < 4.78 is 12.7. The summed E-state index contributed by atoms with van der Waals surface area (Å²) in [5.74, 6) is 2.01. The van der Waals surface area contributed by atoms with Gasteiger partial charge >= 0.3 is 0 Å². The molecule has 1 atom stereocenters. The molecule has 1 saturated heterocycles. The van der Waals surface area contributed by atoms with E-state index in [1.807, 2.05) is 21.7 Å². The predicted molar refractivity (Wildman–Crippen MR) is 116 cm³/mol. The van der Waals surface area contributed by atoms with E-state index >= 15 is 0 Å². The number of amides is 1. The van der Waals surface area contributed by atoms with Gasteiger partial charge in [0.1, 0.15) is 5.75 Å². The second-order valence-electron chi connectivity index (χ2n) is 8.40. The molecule has 3 heterocycles. The molecule has 0 N–H and O–H groups in total. The van der Waals surface area contributed by atoms with E-state index in [1.54, 1.807) is 19.2 Å². The Morgan fingerprint density at radius 2 is 1.84 bits per heavy atom. The van der Waals surface area contributed by atoms with Crippen molar-refractivity contribution in [2.45, 2.75) is 37.8 Å². The number of aromatic nitrogens is 4. The molecule has 1 saturated carbocycles. The first-order chi connectivity index (χ1) is 15.7. The van der Waals surface area contributed by atoms with Gasteiger partial charge in [-0.05, 0) is 53.1 Å². The van der Waals surface area contributed by atoms with Crippen LogP contribution in [0.4, 0.5) is 0 Å². The lowest BCUT2D eigenvalue weighted by molar-refractivity contribution is 0.0558. The van der Waals surface area contributed by atoms with Gasteiger partial charge in [0.05, 0.1) is 25.5 Å². The SMILES string of the molecule is COc1ccc(C(c2nnnn2C2CCCC2)N2CCN(C(=O)c3ccco3)CC2)cc1. The first-order valence-corrected chi connectivity index (χ1v) is 11.2. The number of hydrogen-bond acceptors (Lipinski definition) is 7. The fourth-order valence-corrected chi connectivity index (χ4v) is 4.84. The van der Waals surface area contributed by atoms with Crippen molar-refractivity contribution in [1.82, 2.24) is 30.0 Å². The summed E-state index contributed by atoms with van der Waals surface area (Å²) in [6.45, 7) is 2.69. The van der Waals surface area contributed by atoms with E-state index in [2.05, 4.69) is 32.6 Å². The van der Waals surface area contributed by atoms with Crippen LogP contribution in [-0.4, -0.2) is 69.2 Å². The topological polar surface area (TPSA) is 89.5 Å². The van der Waals surface area contributed by atoms with Gasteiger partial charge in [0, 0.05) is 26.2 Å². The molecular weight excluding hydrogens is 408 g/mol. The molecule has 1 amide bonds. The summed E-state index contributed by atoms with van der Waals surface area (Å²) in [5, 5.41) is 12.9. The largest absolute Gasteiger partial charge is 0.497 e. The number of tetrazole rings is 1. The van der Waals surface area contributed by atoms with Crippen molar-refractivity contribution in [3.63, 3.8) is 0 Å². The van der Waals surface area contributed by atoms with Crippen molar-refractivity contribution in [3.05, 3.63) is 59.8 Å². The van der Waals surface area contributed by atoms with E-state index in [1.165, 1.54) is 19.1 Å². The minimum atomic E-state index is -0.0858. The smallest absolute Gasteiger partial charge is 0.289 e. The van der Waals surface area contributed by atoms with Gasteiger partial charge in [-0.25, -0.2) is 4.68 Å². The Bertz CT molecular complexity index is 1020. The maximum absolute atomic E-state index is 12.7. The van der Waals surface area contributed by atoms with Gasteiger partial charge < -0.3 is 14.1 Å². The van der Waals surface area contributed by atoms with Crippen molar-refractivity contribution >= 4 is 5.91 Å². The predicted octanol–water partition coefficient (Wildman–Crippen LogP) is 2.94. The second-order valence-corrected chi connectivity index (χ2v) is 8.40. The van der Waals surface area contributed by atoms with Gasteiger partial charge in [-0.15, -0.1) is 5.10 Å². The van der Waals surface area contributed by atoms with Crippen LogP contribution < -0.4 is 4.74 Å². The first-order valence-electron chi connectivity index (χ1n) is 11.2. The Labute approximate surface area is 186 Å². The molecule has 1 unspecified atom stereocenters. The van der Waals surface area contributed by atoms with Crippen LogP contribution in [0.15, 0.2) is 47.1 Å². The second kappa shape index (κ2) is 9.12. The van der Waals surface area contributed by atoms with Crippen LogP contribution in [0.2, 0.25) is 0 Å². The number of nitrogens with zero attached hydrogens (tertiary/aromatic N) is 6. The van der Waals surface area contributed by atoms with Crippen LogP contribution in [-0.2, 0) is 0 Å². The fourth-order valence-electron chi connectivity index (χ4n) is 4.84. The summed E-state index contributed by atoms with van der Waals surface area (Å²) in [4.78, 5) is 16.9. The van der Waals surface area contributed by atoms with Crippen molar-refractivity contribution in [1.29, 1.82) is 0 Å². The van der Waals surface area contributed by atoms with E-state index in [9.17, 15) is 4.79 Å². The van der Waals surface area contributed by atoms with Gasteiger partial charge in [0.2, 0.25) is 0 Å². The summed E-state index contributed by atoms with van der Waals surface area (Å²) in [5.41, 5.74) is 1.12. The van der Waals surface area contributed by atoms with E-state index in [0.717, 1.165) is 43.1 Å². The summed E-state index contributed by atoms with van der Waals surface area (Å²) in [7, 11) is 1.67. The Balaban J connectivity index is 1.41. The van der Waals surface area contributed by atoms with E-state index in [-0.39, 0.29) is 11.9 Å². The molecule has 0 spiro atoms. The molecule has 1 aliphatic carbocycles. The third kappa shape index (κ3) is 4.00. The highest BCUT2D eigenvalue weighted by atomic mass is 16.5. The zero-order valence-electron chi connectivity index (χ0n) is 18.3. The Morgan fingerprint density at radius 3 is 2.50 bits per heavy atom. The average molecular weight is 437 g/mol. The fraction of sp³-hybridized carbons (Fsp3) is 0.478. The molecule has 2 aromatic heterocycles. The molecule has 32 heavy (non-hydrogen) atoms. The van der Waals surface area contributed by atoms with E-state index < -0.39 is 0 Å². The van der Waals surface area contributed by atoms with Gasteiger partial charge in [-0.3, -0.25) is 9.69 Å². The minimum absolute atomic E-state index is 0.0635. The zero-order valence-corrected chi connectivity index (χ0v) is 18.3. The summed E-state index contributed by atoms with van der Waals surface area (Å²) in [6, 6.07) is 11.8. The Morgan fingerprint density at radius 1 is 1.09 bits per heavy atom. The highest BCUT2D eigenvalue weighted by molar-refractivity contribution is 5.91. The third-order valence-electron chi connectivity index (χ3n) is 6.56. The maximum Gasteiger partial charge on any atom is 0.289 e. The molecule has 2 aliphatic rings. The van der Waals surface area contributed by atoms with Crippen molar-refractivity contribution in [3.8, 4) is 5.75 Å². The molecule has 9 nitrogen and oxygen atoms in total. The highest BCUT2D eigenvalue weighted by Gasteiger charge is 2.34. The summed E-state index contributed by atoms with van der Waals surface area (Å²) in [6.07, 6.45) is 6.18. The van der Waals surface area contributed by atoms with Gasteiger partial charge in [0.25, 0.3) is 5.91 Å². The molecule has 0 radical (unpaired) electrons. The van der Waals surface area contributed by atoms with Gasteiger partial charge in [-0.2, -0.15) is 0 Å². The van der Waals surface area contributed by atoms with Crippen LogP contribution in [0.5, 0.6) is 5.75 Å². The number of furan rings is 1. The van der Waals surface area contributed by atoms with Crippen LogP contribution in [0.1, 0.15) is 59.7 Å². The molecule has 3 aromatic rings. The van der Waals surface area contributed by atoms with Crippen LogP contribution in [0.3, 0.4) is 0 Å². The highest BCUT2D eigenvalue weighted by Crippen LogP contribution is 2.35. The number of hydrogen-bond donors (Lipinski definition) is 0. The normalized spacial score (nSPS) is 18.7. The monoisotopic (exact) mass is 436 g/mol. The van der Waals surface area contributed by atoms with Gasteiger partial charge in [-0.1, -0.05) is 25.0 Å². The minimum Gasteiger partial charge on any atom is -0.497 e. The molecular formula is C23H28N6O3. The molecule has 1 aliphatic heterocycles. The molecule has 0 bridgehead atoms. The van der Waals surface area contributed by atoms with Crippen molar-refractivity contribution in [2.75, 3.05) is 33.3 Å². The lowest BCUT2D eigenvalue weighted by atomic mass is 10.0. The quantitative estimate of drug-likeness (QED) is 0.587. The number of methoxy groups -OCH3 is 1. The maximum atomic E-state index is 12.7. The number of rotatable bonds is 6. The van der Waals surface area contributed by atoms with E-state index in [0.29, 0.717) is 24.9 Å². The lowest BCUT2D eigenvalue weighted by Gasteiger charge is -2.38. The van der Waals surface area contributed by atoms with E-state index in [4.69, 9.17) is 9.15 Å². The Kier molecular flexibility index (Phi) is 5.89. The number of piperazine rings is 1. The van der Waals surface area contributed by atoms with Crippen LogP contribution in [0.25, 0.3) is 0 Å². The molecule has 1 aromatic carbocycles. The number of ether oxygens (including phenoxy) is 1. The molecule has 9 heteroatoms. The number of carbonyl (C=O) groups is 1. The molecule has 2 fully saturated rings. The first kappa shape index (κ1) is 20.7. The summed E-state index contributed by atoms with van der Waals surface area (Å²) >= 11 is 0. The number of carbonyl (C=O) groups excluding carboxylic acids is 1. The van der Waals surface area contributed by atoms with Crippen LogP contribution in [0, 0.1) is 0 Å². The number of benzene rings is 1. The van der Waals surface area contributed by atoms with Crippen molar-refractivity contribution in [2.24, 2.45) is 0 Å². The average Bonchev–Trinajstić information content (AvgIpc) is 3.62. The van der Waals surface area contributed by atoms with Crippen LogP contribution >= 0.6 is 0 Å². The van der Waals surface area contributed by atoms with Crippen molar-refractivity contribution < 1.29 is 13.9 Å². The zero-order chi connectivity index (χ0) is 21.9. The molecule has 168 valence electrons. The standard InChI is InChI=1S/C23H28N6O3/c1-31-19-10-8-17(9-11-19)21(22-24-25-26-29(22)18-5-2-3-6-18)27-12-14-28(15-13-27)23(30)20-7-4-16-32-20/h4,7-11,16,18,21H,2-3,5-6,12-15H2,1H3. The molecule has 5 rings (SSSR count). The Hall–Kier alpha value is -3.20.